The molecule has 0 bridgehead atoms. The summed E-state index contributed by atoms with van der Waals surface area (Å²) in [5, 5.41) is 21.7. The van der Waals surface area contributed by atoms with Gasteiger partial charge >= 0.3 is 29.6 Å². The molecule has 0 fully saturated rings. The summed E-state index contributed by atoms with van der Waals surface area (Å²) in [6.07, 6.45) is 1.35. The first-order chi connectivity index (χ1) is 14.1. The van der Waals surface area contributed by atoms with Gasteiger partial charge in [0, 0.05) is 4.90 Å². The molecule has 0 N–H and O–H groups in total. The summed E-state index contributed by atoms with van der Waals surface area (Å²) in [5.74, 6) is 0.632. The smallest absolute Gasteiger partial charge is 0.691 e. The number of rotatable bonds is 8. The summed E-state index contributed by atoms with van der Waals surface area (Å²) in [5.41, 5.74) is 4.55. The van der Waals surface area contributed by atoms with Crippen LogP contribution in [0.2, 0.25) is 0 Å². The van der Waals surface area contributed by atoms with E-state index < -0.39 is 0 Å². The second-order valence-corrected chi connectivity index (χ2v) is 6.82. The molecule has 3 aromatic rings. The number of aryl methyl sites for hydroxylation is 2. The first-order valence-electron chi connectivity index (χ1n) is 8.65. The second-order valence-electron chi connectivity index (χ2n) is 6.05. The summed E-state index contributed by atoms with van der Waals surface area (Å²) >= 11 is 0.821. The van der Waals surface area contributed by atoms with Crippen molar-refractivity contribution in [3.63, 3.8) is 0 Å². The van der Waals surface area contributed by atoms with Crippen LogP contribution in [0.1, 0.15) is 11.1 Å². The van der Waals surface area contributed by atoms with E-state index in [1.165, 1.54) is 12.0 Å². The van der Waals surface area contributed by atoms with Gasteiger partial charge in [-0.2, -0.15) is 14.6 Å². The molecule has 0 saturated heterocycles. The maximum Gasteiger partial charge on any atom is 1.00 e. The number of ether oxygens (including phenoxy) is 1. The van der Waals surface area contributed by atoms with Gasteiger partial charge in [0.05, 0.1) is 29.1 Å². The summed E-state index contributed by atoms with van der Waals surface area (Å²) in [6, 6.07) is 20.3. The Labute approximate surface area is 201 Å². The molecular formula is C21H18N3NaO4S. The van der Waals surface area contributed by atoms with E-state index in [2.05, 4.69) is 30.7 Å². The number of hydrogen-bond donors (Lipinski definition) is 0. The van der Waals surface area contributed by atoms with Crippen LogP contribution >= 0.6 is 12.0 Å². The fourth-order valence-corrected chi connectivity index (χ4v) is 2.76. The second kappa shape index (κ2) is 12.6. The van der Waals surface area contributed by atoms with Gasteiger partial charge in [-0.25, -0.2) is 4.99 Å². The van der Waals surface area contributed by atoms with Crippen molar-refractivity contribution < 1.29 is 48.9 Å². The summed E-state index contributed by atoms with van der Waals surface area (Å²) < 4.78 is 9.74. The standard InChI is InChI=1S/C21H19N3O4S.Na/c1-15-3-12-21(16(2)13-15)24-23-18-4-8-19(9-5-18)26-14-22-17-6-10-20(11-7-17)29-28-27-25;/h3-14,25H,1-2H3;/q;+1/p-1. The van der Waals surface area contributed by atoms with Crippen LogP contribution < -0.4 is 39.6 Å². The Balaban J connectivity index is 0.00000320. The van der Waals surface area contributed by atoms with Gasteiger partial charge in [-0.1, -0.05) is 17.7 Å². The fraction of sp³-hybridized carbons (Fsp3) is 0.0952. The third-order valence-corrected chi connectivity index (χ3v) is 4.44. The molecular weight excluding hydrogens is 413 g/mol. The molecule has 7 nitrogen and oxygen atoms in total. The van der Waals surface area contributed by atoms with Crippen LogP contribution in [-0.4, -0.2) is 6.40 Å². The Hall–Kier alpha value is -2.04. The third kappa shape index (κ3) is 7.66. The molecule has 0 aliphatic rings. The Morgan fingerprint density at radius 1 is 0.867 bits per heavy atom. The largest absolute Gasteiger partial charge is 1.00 e. The van der Waals surface area contributed by atoms with E-state index in [4.69, 9.17) is 4.74 Å². The quantitative estimate of drug-likeness (QED) is 0.104. The Kier molecular flexibility index (Phi) is 10.2. The van der Waals surface area contributed by atoms with Crippen molar-refractivity contribution in [3.05, 3.63) is 77.9 Å². The predicted octanol–water partition coefficient (Wildman–Crippen LogP) is 2.69. The summed E-state index contributed by atoms with van der Waals surface area (Å²) in [6.45, 7) is 4.06. The van der Waals surface area contributed by atoms with Crippen LogP contribution in [0.5, 0.6) is 5.75 Å². The summed E-state index contributed by atoms with van der Waals surface area (Å²) in [4.78, 5) is 4.92. The van der Waals surface area contributed by atoms with Gasteiger partial charge in [-0.05, 0) is 74.0 Å². The van der Waals surface area contributed by atoms with Crippen LogP contribution in [0.3, 0.4) is 0 Å². The van der Waals surface area contributed by atoms with Crippen molar-refractivity contribution in [1.29, 1.82) is 0 Å². The number of nitrogens with zero attached hydrogens (tertiary/aromatic N) is 3. The van der Waals surface area contributed by atoms with Crippen LogP contribution in [-0.2, 0) is 9.37 Å². The minimum atomic E-state index is 0. The zero-order valence-electron chi connectivity index (χ0n) is 16.8. The van der Waals surface area contributed by atoms with E-state index in [1.54, 1.807) is 36.4 Å². The topological polar surface area (TPSA) is 87.8 Å². The van der Waals surface area contributed by atoms with Gasteiger partial charge in [0.15, 0.2) is 6.40 Å². The Bertz CT molecular complexity index is 996. The zero-order valence-corrected chi connectivity index (χ0v) is 19.6. The minimum absolute atomic E-state index is 0. The van der Waals surface area contributed by atoms with Crippen LogP contribution in [0.4, 0.5) is 17.1 Å². The Morgan fingerprint density at radius 3 is 2.23 bits per heavy atom. The maximum absolute atomic E-state index is 9.80. The summed E-state index contributed by atoms with van der Waals surface area (Å²) in [7, 11) is 0. The van der Waals surface area contributed by atoms with Crippen molar-refractivity contribution in [2.45, 2.75) is 18.7 Å². The van der Waals surface area contributed by atoms with Gasteiger partial charge in [-0.3, -0.25) is 5.04 Å². The normalized spacial score (nSPS) is 11.0. The first kappa shape index (κ1) is 24.2. The molecule has 9 heteroatoms. The van der Waals surface area contributed by atoms with Crippen LogP contribution in [0, 0.1) is 13.8 Å². The van der Waals surface area contributed by atoms with Crippen molar-refractivity contribution in [2.24, 2.45) is 15.2 Å². The maximum atomic E-state index is 9.80. The minimum Gasteiger partial charge on any atom is -0.691 e. The third-order valence-electron chi connectivity index (χ3n) is 3.85. The number of azo groups is 1. The van der Waals surface area contributed by atoms with Gasteiger partial charge < -0.3 is 9.99 Å². The van der Waals surface area contributed by atoms with Crippen molar-refractivity contribution in [3.8, 4) is 5.75 Å². The molecule has 0 amide bonds. The van der Waals surface area contributed by atoms with Gasteiger partial charge in [0.25, 0.3) is 0 Å². The van der Waals surface area contributed by atoms with E-state index in [1.807, 2.05) is 38.1 Å². The molecule has 0 heterocycles. The number of aliphatic imine (C=N–C) groups is 1. The molecule has 0 spiro atoms. The van der Waals surface area contributed by atoms with E-state index in [-0.39, 0.29) is 29.6 Å². The monoisotopic (exact) mass is 431 g/mol. The first-order valence-corrected chi connectivity index (χ1v) is 9.40. The molecule has 0 radical (unpaired) electrons. The van der Waals surface area contributed by atoms with E-state index in [0.717, 1.165) is 29.0 Å². The SMILES string of the molecule is Cc1ccc(N=Nc2ccc(OC=Nc3ccc(SOO[O-])cc3)cc2)c(C)c1.[Na+]. The van der Waals surface area contributed by atoms with Gasteiger partial charge in [0.1, 0.15) is 5.75 Å². The average molecular weight is 431 g/mol. The van der Waals surface area contributed by atoms with Gasteiger partial charge in [0.2, 0.25) is 0 Å². The molecule has 30 heavy (non-hydrogen) atoms. The molecule has 0 unspecified atom stereocenters. The average Bonchev–Trinajstić information content (AvgIpc) is 2.73. The molecule has 3 rings (SSSR count). The predicted molar refractivity (Wildman–Crippen MR) is 110 cm³/mol. The van der Waals surface area contributed by atoms with Crippen molar-refractivity contribution >= 4 is 35.5 Å². The van der Waals surface area contributed by atoms with Gasteiger partial charge in [-0.15, -0.1) is 0 Å². The molecule has 0 aliphatic carbocycles. The molecule has 0 aromatic heterocycles. The van der Waals surface area contributed by atoms with Crippen LogP contribution in [0.25, 0.3) is 0 Å². The molecule has 148 valence electrons. The fourth-order valence-electron chi connectivity index (χ4n) is 2.41. The molecule has 0 atom stereocenters. The number of benzene rings is 3. The molecule has 0 saturated carbocycles. The number of hydrogen-bond acceptors (Lipinski definition) is 8. The van der Waals surface area contributed by atoms with E-state index in [9.17, 15) is 5.26 Å². The molecule has 0 aliphatic heterocycles. The van der Waals surface area contributed by atoms with E-state index >= 15 is 0 Å². The van der Waals surface area contributed by atoms with Crippen LogP contribution in [0.15, 0.2) is 86.8 Å². The van der Waals surface area contributed by atoms with Crippen molar-refractivity contribution in [2.75, 3.05) is 0 Å². The molecule has 3 aromatic carbocycles. The Morgan fingerprint density at radius 2 is 1.57 bits per heavy atom. The zero-order chi connectivity index (χ0) is 20.5. The van der Waals surface area contributed by atoms with E-state index in [0.29, 0.717) is 16.3 Å². The van der Waals surface area contributed by atoms with Crippen molar-refractivity contribution in [1.82, 2.24) is 0 Å².